The third kappa shape index (κ3) is 3.66. The van der Waals surface area contributed by atoms with Gasteiger partial charge in [-0.2, -0.15) is 0 Å². The quantitative estimate of drug-likeness (QED) is 0.198. The van der Waals surface area contributed by atoms with Gasteiger partial charge >= 0.3 is 0 Å². The molecule has 7 aromatic rings. The normalized spacial score (nSPS) is 24.8. The summed E-state index contributed by atoms with van der Waals surface area (Å²) in [7, 11) is 0. The summed E-state index contributed by atoms with van der Waals surface area (Å²) in [5.74, 6) is 5.04. The van der Waals surface area contributed by atoms with Crippen molar-refractivity contribution in [2.45, 2.75) is 37.5 Å². The molecule has 1 spiro atoms. The maximum Gasteiger partial charge on any atom is 0.182 e. The molecular weight excluding hydrogens is 585 g/mol. The molecule has 2 aromatic heterocycles. The lowest BCUT2D eigenvalue weighted by Crippen LogP contribution is -2.55. The third-order valence-corrected chi connectivity index (χ3v) is 12.3. The highest BCUT2D eigenvalue weighted by Gasteiger charge is 2.62. The van der Waals surface area contributed by atoms with Crippen molar-refractivity contribution >= 4 is 21.5 Å². The summed E-state index contributed by atoms with van der Waals surface area (Å²) in [4.78, 5) is 21.4. The molecule has 5 aliphatic carbocycles. The van der Waals surface area contributed by atoms with Crippen molar-refractivity contribution in [3.63, 3.8) is 0 Å². The van der Waals surface area contributed by atoms with Crippen molar-refractivity contribution in [1.82, 2.24) is 19.9 Å². The fourth-order valence-electron chi connectivity index (χ4n) is 10.6. The number of nitrogens with zero attached hydrogens (tertiary/aromatic N) is 4. The minimum absolute atomic E-state index is 0.0146. The predicted octanol–water partition coefficient (Wildman–Crippen LogP) is 10.3. The molecular formula is C44H34N4. The lowest BCUT2D eigenvalue weighted by Gasteiger charge is -2.60. The Hall–Kier alpha value is -5.22. The van der Waals surface area contributed by atoms with Crippen LogP contribution in [0, 0.1) is 23.7 Å². The highest BCUT2D eigenvalue weighted by molar-refractivity contribution is 5.97. The molecule has 0 radical (unpaired) electrons. The van der Waals surface area contributed by atoms with Crippen LogP contribution in [0.3, 0.4) is 0 Å². The maximum absolute atomic E-state index is 5.68. The van der Waals surface area contributed by atoms with Gasteiger partial charge in [-0.25, -0.2) is 19.9 Å². The molecule has 5 aromatic carbocycles. The van der Waals surface area contributed by atoms with Gasteiger partial charge in [-0.05, 0) is 94.5 Å². The van der Waals surface area contributed by atoms with Crippen LogP contribution < -0.4 is 0 Å². The van der Waals surface area contributed by atoms with E-state index in [1.165, 1.54) is 65.3 Å². The lowest BCUT2D eigenvalue weighted by atomic mass is 9.43. The molecule has 12 rings (SSSR count). The molecule has 0 unspecified atom stereocenters. The van der Waals surface area contributed by atoms with Crippen molar-refractivity contribution < 1.29 is 0 Å². The van der Waals surface area contributed by atoms with E-state index in [9.17, 15) is 0 Å². The van der Waals surface area contributed by atoms with E-state index < -0.39 is 0 Å². The molecule has 4 saturated carbocycles. The van der Waals surface area contributed by atoms with Crippen LogP contribution in [0.5, 0.6) is 0 Å². The number of benzene rings is 5. The van der Waals surface area contributed by atoms with E-state index in [1.54, 1.807) is 0 Å². The van der Waals surface area contributed by atoms with E-state index in [2.05, 4.69) is 121 Å². The Morgan fingerprint density at radius 3 is 1.58 bits per heavy atom. The smallest absolute Gasteiger partial charge is 0.182 e. The van der Waals surface area contributed by atoms with E-state index in [-0.39, 0.29) is 5.41 Å². The largest absolute Gasteiger partial charge is 0.248 e. The number of pyridine rings is 1. The van der Waals surface area contributed by atoms with Crippen LogP contribution in [-0.2, 0) is 5.41 Å². The molecule has 230 valence electrons. The zero-order valence-corrected chi connectivity index (χ0v) is 26.7. The lowest BCUT2D eigenvalue weighted by molar-refractivity contribution is -0.0415. The second kappa shape index (κ2) is 9.90. The average Bonchev–Trinajstić information content (AvgIpc) is 3.43. The van der Waals surface area contributed by atoms with Gasteiger partial charge in [0.2, 0.25) is 0 Å². The summed E-state index contributed by atoms with van der Waals surface area (Å²) in [6.07, 6.45) is 6.75. The summed E-state index contributed by atoms with van der Waals surface area (Å²) >= 11 is 0. The van der Waals surface area contributed by atoms with E-state index >= 15 is 0 Å². The van der Waals surface area contributed by atoms with E-state index in [1.807, 2.05) is 0 Å². The Morgan fingerprint density at radius 1 is 0.417 bits per heavy atom. The van der Waals surface area contributed by atoms with Gasteiger partial charge in [-0.1, -0.05) is 115 Å². The second-order valence-electron chi connectivity index (χ2n) is 14.7. The number of rotatable bonds is 3. The maximum atomic E-state index is 5.68. The Labute approximate surface area is 280 Å². The Balaban J connectivity index is 1.15. The Bertz CT molecular complexity index is 2310. The molecule has 4 heteroatoms. The SMILES string of the molecule is c1ccc2c(c1)-c1ccc(-c3nc(-c4cccc5ccccc45)nc(-c4cccc5ccccc45)n3)nc1C21C2CC3CC(C2)CC1C3. The van der Waals surface area contributed by atoms with Crippen LogP contribution in [0.2, 0.25) is 0 Å². The molecule has 0 N–H and O–H groups in total. The molecule has 5 aliphatic rings. The standard InChI is InChI=1S/C44H34N4/c1-3-13-32-28(9-1)11-7-16-36(32)41-46-42(37-17-8-12-29-10-2-4-14-33(29)37)48-43(47-41)39-20-19-35-34-15-5-6-18-38(34)44(40(35)45-39)30-22-26-21-27(24-30)25-31(44)23-26/h1-20,26-27,30-31H,21-25H2. The monoisotopic (exact) mass is 618 g/mol. The van der Waals surface area contributed by atoms with Crippen molar-refractivity contribution in [3.8, 4) is 45.4 Å². The van der Waals surface area contributed by atoms with E-state index in [0.29, 0.717) is 29.3 Å². The zero-order chi connectivity index (χ0) is 31.4. The molecule has 0 amide bonds. The second-order valence-corrected chi connectivity index (χ2v) is 14.7. The van der Waals surface area contributed by atoms with Gasteiger partial charge < -0.3 is 0 Å². The fourth-order valence-corrected chi connectivity index (χ4v) is 10.6. The summed E-state index contributed by atoms with van der Waals surface area (Å²) in [5.41, 5.74) is 8.30. The highest BCUT2D eigenvalue weighted by atomic mass is 15.0. The minimum Gasteiger partial charge on any atom is -0.248 e. The van der Waals surface area contributed by atoms with Gasteiger partial charge in [0.15, 0.2) is 17.5 Å². The number of hydrogen-bond donors (Lipinski definition) is 0. The molecule has 2 heterocycles. The summed E-state index contributed by atoms with van der Waals surface area (Å²) in [5, 5.41) is 4.60. The average molecular weight is 619 g/mol. The first-order valence-electron chi connectivity index (χ1n) is 17.6. The van der Waals surface area contributed by atoms with Gasteiger partial charge in [0, 0.05) is 22.1 Å². The molecule has 0 saturated heterocycles. The summed E-state index contributed by atoms with van der Waals surface area (Å²) in [6, 6.07) is 43.4. The van der Waals surface area contributed by atoms with Crippen LogP contribution in [0.1, 0.15) is 43.4 Å². The fraction of sp³-hybridized carbons (Fsp3) is 0.227. The predicted molar refractivity (Wildman–Crippen MR) is 192 cm³/mol. The molecule has 0 aliphatic heterocycles. The molecule has 4 nitrogen and oxygen atoms in total. The van der Waals surface area contributed by atoms with Crippen molar-refractivity contribution in [2.75, 3.05) is 0 Å². The van der Waals surface area contributed by atoms with Crippen LogP contribution >= 0.6 is 0 Å². The third-order valence-electron chi connectivity index (χ3n) is 12.3. The van der Waals surface area contributed by atoms with Crippen molar-refractivity contribution in [3.05, 3.63) is 133 Å². The summed E-state index contributed by atoms with van der Waals surface area (Å²) < 4.78 is 0. The zero-order valence-electron chi connectivity index (χ0n) is 26.7. The minimum atomic E-state index is -0.0146. The van der Waals surface area contributed by atoms with Crippen LogP contribution in [0.25, 0.3) is 67.0 Å². The number of aromatic nitrogens is 4. The summed E-state index contributed by atoms with van der Waals surface area (Å²) in [6.45, 7) is 0. The molecule has 0 atom stereocenters. The Kier molecular flexibility index (Phi) is 5.53. The Morgan fingerprint density at radius 2 is 0.938 bits per heavy atom. The topological polar surface area (TPSA) is 51.6 Å². The number of hydrogen-bond acceptors (Lipinski definition) is 4. The van der Waals surface area contributed by atoms with Gasteiger partial charge in [-0.3, -0.25) is 0 Å². The number of fused-ring (bicyclic) bond motifs is 5. The van der Waals surface area contributed by atoms with Crippen LogP contribution in [-0.4, -0.2) is 19.9 Å². The first-order chi connectivity index (χ1) is 23.7. The van der Waals surface area contributed by atoms with Gasteiger partial charge in [0.25, 0.3) is 0 Å². The van der Waals surface area contributed by atoms with E-state index in [0.717, 1.165) is 39.4 Å². The van der Waals surface area contributed by atoms with Crippen LogP contribution in [0.15, 0.2) is 121 Å². The first kappa shape index (κ1) is 26.8. The first-order valence-corrected chi connectivity index (χ1v) is 17.6. The van der Waals surface area contributed by atoms with Crippen LogP contribution in [0.4, 0.5) is 0 Å². The van der Waals surface area contributed by atoms with Gasteiger partial charge in [0.1, 0.15) is 5.69 Å². The molecule has 4 bridgehead atoms. The highest BCUT2D eigenvalue weighted by Crippen LogP contribution is 2.69. The molecule has 4 fully saturated rings. The van der Waals surface area contributed by atoms with E-state index in [4.69, 9.17) is 19.9 Å². The van der Waals surface area contributed by atoms with Gasteiger partial charge in [0.05, 0.1) is 5.69 Å². The van der Waals surface area contributed by atoms with Crippen molar-refractivity contribution in [2.24, 2.45) is 23.7 Å². The van der Waals surface area contributed by atoms with Crippen molar-refractivity contribution in [1.29, 1.82) is 0 Å². The van der Waals surface area contributed by atoms with Gasteiger partial charge in [-0.15, -0.1) is 0 Å². The molecule has 48 heavy (non-hydrogen) atoms.